The first kappa shape index (κ1) is 18.0. The van der Waals surface area contributed by atoms with Crippen molar-refractivity contribution in [2.45, 2.75) is 38.8 Å². The first-order valence-electron chi connectivity index (χ1n) is 8.56. The SMILES string of the molecule is COc1ccc2c(c1)OC(C)(C)C[C@H]2NC(=O)c1cc(=O)cc(C)n1C. The third-order valence-corrected chi connectivity index (χ3v) is 4.74. The molecule has 0 spiro atoms. The van der Waals surface area contributed by atoms with Gasteiger partial charge in [0.25, 0.3) is 5.91 Å². The van der Waals surface area contributed by atoms with E-state index in [2.05, 4.69) is 5.32 Å². The lowest BCUT2D eigenvalue weighted by Gasteiger charge is -2.38. The van der Waals surface area contributed by atoms with E-state index in [1.807, 2.05) is 32.0 Å². The number of pyridine rings is 1. The van der Waals surface area contributed by atoms with E-state index in [-0.39, 0.29) is 17.4 Å². The molecule has 1 atom stereocenters. The van der Waals surface area contributed by atoms with Crippen LogP contribution in [0.3, 0.4) is 0 Å². The van der Waals surface area contributed by atoms with Crippen LogP contribution in [0.25, 0.3) is 0 Å². The van der Waals surface area contributed by atoms with Crippen molar-refractivity contribution in [1.29, 1.82) is 0 Å². The summed E-state index contributed by atoms with van der Waals surface area (Å²) in [7, 11) is 3.38. The van der Waals surface area contributed by atoms with E-state index >= 15 is 0 Å². The number of hydrogen-bond donors (Lipinski definition) is 1. The maximum absolute atomic E-state index is 12.8. The first-order chi connectivity index (χ1) is 12.2. The van der Waals surface area contributed by atoms with Crippen LogP contribution in [0, 0.1) is 6.92 Å². The Hall–Kier alpha value is -2.76. The van der Waals surface area contributed by atoms with Gasteiger partial charge in [-0.05, 0) is 32.9 Å². The molecule has 1 aromatic carbocycles. The van der Waals surface area contributed by atoms with Gasteiger partial charge in [0, 0.05) is 42.9 Å². The summed E-state index contributed by atoms with van der Waals surface area (Å²) in [6.45, 7) is 5.77. The van der Waals surface area contributed by atoms with E-state index in [1.165, 1.54) is 12.1 Å². The first-order valence-corrected chi connectivity index (χ1v) is 8.56. The third-order valence-electron chi connectivity index (χ3n) is 4.74. The van der Waals surface area contributed by atoms with Crippen LogP contribution in [0.5, 0.6) is 11.5 Å². The number of rotatable bonds is 3. The standard InChI is InChI=1S/C20H24N2O4/c1-12-8-13(23)9-17(22(12)4)19(24)21-16-11-20(2,3)26-18-10-14(25-5)6-7-15(16)18/h6-10,16H,11H2,1-5H3,(H,21,24)/t16-/m1/s1. The van der Waals surface area contributed by atoms with E-state index in [9.17, 15) is 9.59 Å². The van der Waals surface area contributed by atoms with Gasteiger partial charge in [0.1, 0.15) is 22.8 Å². The molecule has 0 fully saturated rings. The molecule has 0 unspecified atom stereocenters. The molecule has 1 aromatic heterocycles. The number of carbonyl (C=O) groups is 1. The van der Waals surface area contributed by atoms with Crippen molar-refractivity contribution < 1.29 is 14.3 Å². The number of benzene rings is 1. The molecule has 0 saturated carbocycles. The van der Waals surface area contributed by atoms with E-state index in [0.29, 0.717) is 23.6 Å². The summed E-state index contributed by atoms with van der Waals surface area (Å²) >= 11 is 0. The zero-order valence-electron chi connectivity index (χ0n) is 15.8. The van der Waals surface area contributed by atoms with Crippen molar-refractivity contribution in [3.63, 3.8) is 0 Å². The van der Waals surface area contributed by atoms with Crippen molar-refractivity contribution in [3.05, 3.63) is 57.5 Å². The maximum atomic E-state index is 12.8. The van der Waals surface area contributed by atoms with Gasteiger partial charge in [0.15, 0.2) is 5.43 Å². The second-order valence-corrected chi connectivity index (χ2v) is 7.27. The quantitative estimate of drug-likeness (QED) is 0.918. The summed E-state index contributed by atoms with van der Waals surface area (Å²) in [6, 6.07) is 8.24. The van der Waals surface area contributed by atoms with E-state index < -0.39 is 5.60 Å². The highest BCUT2D eigenvalue weighted by atomic mass is 16.5. The molecule has 6 nitrogen and oxygen atoms in total. The van der Waals surface area contributed by atoms with Crippen LogP contribution in [0.2, 0.25) is 0 Å². The van der Waals surface area contributed by atoms with Crippen LogP contribution in [0.1, 0.15) is 48.1 Å². The lowest BCUT2D eigenvalue weighted by molar-refractivity contribution is 0.0614. The number of ether oxygens (including phenoxy) is 2. The molecular weight excluding hydrogens is 332 g/mol. The van der Waals surface area contributed by atoms with Crippen LogP contribution in [-0.2, 0) is 7.05 Å². The largest absolute Gasteiger partial charge is 0.497 e. The Labute approximate surface area is 152 Å². The molecule has 2 heterocycles. The van der Waals surface area contributed by atoms with Gasteiger partial charge < -0.3 is 19.4 Å². The number of aryl methyl sites for hydroxylation is 1. The Bertz CT molecular complexity index is 915. The molecule has 3 rings (SSSR count). The Balaban J connectivity index is 1.95. The maximum Gasteiger partial charge on any atom is 0.268 e. The van der Waals surface area contributed by atoms with Gasteiger partial charge >= 0.3 is 0 Å². The van der Waals surface area contributed by atoms with Gasteiger partial charge in [-0.2, -0.15) is 0 Å². The number of carbonyl (C=O) groups excluding carboxylic acids is 1. The van der Waals surface area contributed by atoms with Crippen molar-refractivity contribution in [3.8, 4) is 11.5 Å². The van der Waals surface area contributed by atoms with Crippen LogP contribution in [-0.4, -0.2) is 23.2 Å². The average molecular weight is 356 g/mol. The summed E-state index contributed by atoms with van der Waals surface area (Å²) in [5.74, 6) is 1.12. The van der Waals surface area contributed by atoms with Gasteiger partial charge in [-0.3, -0.25) is 9.59 Å². The Morgan fingerprint density at radius 2 is 2.04 bits per heavy atom. The molecule has 1 aliphatic heterocycles. The number of hydrogen-bond acceptors (Lipinski definition) is 4. The smallest absolute Gasteiger partial charge is 0.268 e. The van der Waals surface area contributed by atoms with Crippen LogP contribution >= 0.6 is 0 Å². The molecule has 0 aliphatic carbocycles. The second-order valence-electron chi connectivity index (χ2n) is 7.27. The van der Waals surface area contributed by atoms with Crippen LogP contribution in [0.4, 0.5) is 0 Å². The van der Waals surface area contributed by atoms with Gasteiger partial charge in [-0.1, -0.05) is 0 Å². The fraction of sp³-hybridized carbons (Fsp3) is 0.400. The number of methoxy groups -OCH3 is 1. The highest BCUT2D eigenvalue weighted by Crippen LogP contribution is 2.41. The van der Waals surface area contributed by atoms with E-state index in [0.717, 1.165) is 11.3 Å². The van der Waals surface area contributed by atoms with Crippen LogP contribution < -0.4 is 20.2 Å². The summed E-state index contributed by atoms with van der Waals surface area (Å²) in [4.78, 5) is 24.7. The van der Waals surface area contributed by atoms with Crippen molar-refractivity contribution in [2.75, 3.05) is 7.11 Å². The number of fused-ring (bicyclic) bond motifs is 1. The molecule has 0 saturated heterocycles. The molecule has 138 valence electrons. The summed E-state index contributed by atoms with van der Waals surface area (Å²) in [5.41, 5.74) is 1.37. The fourth-order valence-electron chi connectivity index (χ4n) is 3.30. The van der Waals surface area contributed by atoms with Crippen molar-refractivity contribution in [2.24, 2.45) is 7.05 Å². The molecule has 26 heavy (non-hydrogen) atoms. The summed E-state index contributed by atoms with van der Waals surface area (Å²) < 4.78 is 13.0. The average Bonchev–Trinajstić information content (AvgIpc) is 2.56. The second kappa shape index (κ2) is 6.52. The molecule has 6 heteroatoms. The molecule has 1 N–H and O–H groups in total. The highest BCUT2D eigenvalue weighted by molar-refractivity contribution is 5.93. The lowest BCUT2D eigenvalue weighted by Crippen LogP contribution is -2.42. The van der Waals surface area contributed by atoms with Gasteiger partial charge in [-0.15, -0.1) is 0 Å². The number of amides is 1. The molecule has 1 amide bonds. The summed E-state index contributed by atoms with van der Waals surface area (Å²) in [5, 5.41) is 3.06. The minimum Gasteiger partial charge on any atom is -0.497 e. The van der Waals surface area contributed by atoms with Gasteiger partial charge in [-0.25, -0.2) is 0 Å². The van der Waals surface area contributed by atoms with Crippen molar-refractivity contribution >= 4 is 5.91 Å². The Morgan fingerprint density at radius 1 is 1.31 bits per heavy atom. The zero-order chi connectivity index (χ0) is 19.1. The Kier molecular flexibility index (Phi) is 4.52. The van der Waals surface area contributed by atoms with Gasteiger partial charge in [0.2, 0.25) is 0 Å². The number of nitrogens with zero attached hydrogens (tertiary/aromatic N) is 1. The monoisotopic (exact) mass is 356 g/mol. The van der Waals surface area contributed by atoms with Gasteiger partial charge in [0.05, 0.1) is 13.2 Å². The number of nitrogens with one attached hydrogen (secondary N) is 1. The predicted molar refractivity (Wildman–Crippen MR) is 98.9 cm³/mol. The molecular formula is C20H24N2O4. The molecule has 0 bridgehead atoms. The molecule has 0 radical (unpaired) electrons. The molecule has 2 aromatic rings. The Morgan fingerprint density at radius 3 is 2.73 bits per heavy atom. The van der Waals surface area contributed by atoms with Crippen molar-refractivity contribution in [1.82, 2.24) is 9.88 Å². The summed E-state index contributed by atoms with van der Waals surface area (Å²) in [6.07, 6.45) is 0.623. The zero-order valence-corrected chi connectivity index (χ0v) is 15.8. The third kappa shape index (κ3) is 3.45. The molecule has 1 aliphatic rings. The fourth-order valence-corrected chi connectivity index (χ4v) is 3.30. The normalized spacial score (nSPS) is 17.8. The number of aromatic nitrogens is 1. The van der Waals surface area contributed by atoms with E-state index in [1.54, 1.807) is 25.6 Å². The van der Waals surface area contributed by atoms with E-state index in [4.69, 9.17) is 9.47 Å². The highest BCUT2D eigenvalue weighted by Gasteiger charge is 2.35. The topological polar surface area (TPSA) is 69.6 Å². The minimum absolute atomic E-state index is 0.178. The lowest BCUT2D eigenvalue weighted by atomic mass is 9.89. The van der Waals surface area contributed by atoms with Crippen LogP contribution in [0.15, 0.2) is 35.1 Å². The predicted octanol–water partition coefficient (Wildman–Crippen LogP) is 2.73. The minimum atomic E-state index is -0.435.